The summed E-state index contributed by atoms with van der Waals surface area (Å²) in [5, 5.41) is 0. The van der Waals surface area contributed by atoms with Crippen LogP contribution in [0.3, 0.4) is 0 Å². The highest BCUT2D eigenvalue weighted by molar-refractivity contribution is 9.13. The van der Waals surface area contributed by atoms with Crippen molar-refractivity contribution in [2.45, 2.75) is 11.8 Å². The van der Waals surface area contributed by atoms with Crippen molar-refractivity contribution in [1.82, 2.24) is 0 Å². The Morgan fingerprint density at radius 2 is 1.30 bits per heavy atom. The van der Waals surface area contributed by atoms with E-state index >= 15 is 0 Å². The average Bonchev–Trinajstić information content (AvgIpc) is 2.42. The largest absolute Gasteiger partial charge is 0.340 e. The maximum absolute atomic E-state index is 14.3. The molecular weight excluding hydrogens is 404 g/mol. The minimum absolute atomic E-state index is 0.0828. The van der Waals surface area contributed by atoms with Crippen LogP contribution in [0, 0.1) is 0 Å². The van der Waals surface area contributed by atoms with Crippen molar-refractivity contribution in [3.8, 4) is 0 Å². The Bertz CT molecular complexity index is 612. The van der Waals surface area contributed by atoms with Crippen molar-refractivity contribution < 1.29 is 17.6 Å². The van der Waals surface area contributed by atoms with Crippen LogP contribution in [0.5, 0.6) is 0 Å². The topological polar surface area (TPSA) is 0 Å². The van der Waals surface area contributed by atoms with Crippen LogP contribution in [0.25, 0.3) is 0 Å². The second-order valence-corrected chi connectivity index (χ2v) is 5.76. The summed E-state index contributed by atoms with van der Waals surface area (Å²) in [6.07, 6.45) is 0. The molecule has 0 saturated heterocycles. The van der Waals surface area contributed by atoms with Gasteiger partial charge in [0.2, 0.25) is 0 Å². The third-order valence-electron chi connectivity index (χ3n) is 2.82. The van der Waals surface area contributed by atoms with Gasteiger partial charge in [-0.1, -0.05) is 42.5 Å². The van der Waals surface area contributed by atoms with Gasteiger partial charge in [0.25, 0.3) is 0 Å². The summed E-state index contributed by atoms with van der Waals surface area (Å²) in [7, 11) is 0. The van der Waals surface area contributed by atoms with Crippen molar-refractivity contribution in [3.63, 3.8) is 0 Å². The molecule has 0 heterocycles. The number of hydrogen-bond donors (Lipinski definition) is 0. The van der Waals surface area contributed by atoms with Gasteiger partial charge in [-0.05, 0) is 37.9 Å². The molecule has 0 aromatic heterocycles. The van der Waals surface area contributed by atoms with E-state index < -0.39 is 23.0 Å². The van der Waals surface area contributed by atoms with Gasteiger partial charge in [0, 0.05) is 20.1 Å². The van der Waals surface area contributed by atoms with E-state index in [1.54, 1.807) is 0 Å². The molecule has 2 rings (SSSR count). The van der Waals surface area contributed by atoms with E-state index in [9.17, 15) is 17.6 Å². The van der Waals surface area contributed by atoms with E-state index in [-0.39, 0.29) is 4.47 Å². The summed E-state index contributed by atoms with van der Waals surface area (Å²) in [4.78, 5) is 0. The predicted octanol–water partition coefficient (Wildman–Crippen LogP) is 6.10. The molecule has 0 aliphatic rings. The third-order valence-corrected chi connectivity index (χ3v) is 4.87. The first-order valence-corrected chi connectivity index (χ1v) is 7.12. The monoisotopic (exact) mass is 410 g/mol. The first-order chi connectivity index (χ1) is 9.28. The molecule has 6 heteroatoms. The molecule has 0 amide bonds. The molecule has 0 unspecified atom stereocenters. The van der Waals surface area contributed by atoms with Gasteiger partial charge in [-0.3, -0.25) is 0 Å². The number of alkyl halides is 4. The second kappa shape index (κ2) is 5.48. The SMILES string of the molecule is FC(F)(c1ccccc1)C(F)(F)c1cccc(Br)c1Br. The Morgan fingerprint density at radius 1 is 0.700 bits per heavy atom. The molecule has 0 atom stereocenters. The molecule has 0 nitrogen and oxygen atoms in total. The summed E-state index contributed by atoms with van der Waals surface area (Å²) in [5.74, 6) is -8.64. The van der Waals surface area contributed by atoms with Crippen LogP contribution in [0.4, 0.5) is 17.6 Å². The van der Waals surface area contributed by atoms with Crippen molar-refractivity contribution in [3.05, 3.63) is 68.6 Å². The predicted molar refractivity (Wildman–Crippen MR) is 76.1 cm³/mol. The Morgan fingerprint density at radius 3 is 1.90 bits per heavy atom. The fraction of sp³-hybridized carbons (Fsp3) is 0.143. The van der Waals surface area contributed by atoms with Crippen LogP contribution < -0.4 is 0 Å². The molecule has 0 radical (unpaired) electrons. The van der Waals surface area contributed by atoms with Gasteiger partial charge in [-0.25, -0.2) is 0 Å². The molecule has 0 fully saturated rings. The van der Waals surface area contributed by atoms with Crippen molar-refractivity contribution in [2.75, 3.05) is 0 Å². The maximum Gasteiger partial charge on any atom is 0.340 e. The summed E-state index contributed by atoms with van der Waals surface area (Å²) in [6, 6.07) is 9.83. The lowest BCUT2D eigenvalue weighted by molar-refractivity contribution is -0.224. The van der Waals surface area contributed by atoms with E-state index in [1.165, 1.54) is 30.3 Å². The molecule has 0 N–H and O–H groups in total. The van der Waals surface area contributed by atoms with Crippen LogP contribution in [0.1, 0.15) is 11.1 Å². The van der Waals surface area contributed by atoms with Gasteiger partial charge >= 0.3 is 11.8 Å². The smallest absolute Gasteiger partial charge is 0.194 e. The zero-order valence-electron chi connectivity index (χ0n) is 9.89. The third kappa shape index (κ3) is 2.51. The minimum atomic E-state index is -4.34. The molecule has 0 aliphatic heterocycles. The summed E-state index contributed by atoms with van der Waals surface area (Å²) < 4.78 is 57.0. The fourth-order valence-corrected chi connectivity index (χ4v) is 2.62. The lowest BCUT2D eigenvalue weighted by Gasteiger charge is -2.28. The number of hydrogen-bond acceptors (Lipinski definition) is 0. The number of rotatable bonds is 3. The van der Waals surface area contributed by atoms with Gasteiger partial charge in [0.05, 0.1) is 0 Å². The molecule has 106 valence electrons. The fourth-order valence-electron chi connectivity index (χ4n) is 1.74. The van der Waals surface area contributed by atoms with Crippen molar-refractivity contribution >= 4 is 31.9 Å². The van der Waals surface area contributed by atoms with Gasteiger partial charge in [-0.2, -0.15) is 17.6 Å². The van der Waals surface area contributed by atoms with Gasteiger partial charge in [0.15, 0.2) is 0 Å². The summed E-state index contributed by atoms with van der Waals surface area (Å²) in [6.45, 7) is 0. The van der Waals surface area contributed by atoms with Crippen LogP contribution in [0.2, 0.25) is 0 Å². The average molecular weight is 412 g/mol. The minimum Gasteiger partial charge on any atom is -0.194 e. The Balaban J connectivity index is 2.57. The van der Waals surface area contributed by atoms with E-state index in [0.717, 1.165) is 18.2 Å². The zero-order valence-corrected chi connectivity index (χ0v) is 13.1. The quantitative estimate of drug-likeness (QED) is 0.535. The molecule has 0 bridgehead atoms. The Labute approximate surface area is 130 Å². The van der Waals surface area contributed by atoms with Crippen molar-refractivity contribution in [2.24, 2.45) is 0 Å². The van der Waals surface area contributed by atoms with E-state index in [4.69, 9.17) is 0 Å². The first kappa shape index (κ1) is 15.5. The zero-order chi connectivity index (χ0) is 15.0. The molecule has 2 aromatic rings. The normalized spacial score (nSPS) is 12.5. The van der Waals surface area contributed by atoms with Gasteiger partial charge < -0.3 is 0 Å². The highest BCUT2D eigenvalue weighted by Crippen LogP contribution is 2.51. The molecule has 2 aromatic carbocycles. The summed E-state index contributed by atoms with van der Waals surface area (Å²) >= 11 is 5.96. The highest BCUT2D eigenvalue weighted by atomic mass is 79.9. The van der Waals surface area contributed by atoms with Gasteiger partial charge in [0.1, 0.15) is 0 Å². The van der Waals surface area contributed by atoms with E-state index in [1.807, 2.05) is 0 Å². The van der Waals surface area contributed by atoms with Crippen LogP contribution in [-0.4, -0.2) is 0 Å². The first-order valence-electron chi connectivity index (χ1n) is 5.54. The lowest BCUT2D eigenvalue weighted by Crippen LogP contribution is -2.36. The Hall–Kier alpha value is -0.880. The van der Waals surface area contributed by atoms with Crippen LogP contribution >= 0.6 is 31.9 Å². The molecule has 0 aliphatic carbocycles. The Kier molecular flexibility index (Phi) is 4.25. The maximum atomic E-state index is 14.3. The van der Waals surface area contributed by atoms with E-state index in [2.05, 4.69) is 31.9 Å². The van der Waals surface area contributed by atoms with Crippen LogP contribution in [0.15, 0.2) is 57.5 Å². The highest BCUT2D eigenvalue weighted by Gasteiger charge is 2.59. The van der Waals surface area contributed by atoms with Gasteiger partial charge in [-0.15, -0.1) is 0 Å². The number of benzene rings is 2. The molecule has 0 saturated carbocycles. The number of halogens is 6. The molecule has 20 heavy (non-hydrogen) atoms. The van der Waals surface area contributed by atoms with E-state index in [0.29, 0.717) is 4.47 Å². The lowest BCUT2D eigenvalue weighted by atomic mass is 9.96. The summed E-state index contributed by atoms with van der Waals surface area (Å²) in [5.41, 5.74) is -1.49. The standard InChI is InChI=1S/C14H8Br2F4/c15-11-8-4-7-10(12(11)16)14(19,20)13(17,18)9-5-2-1-3-6-9/h1-8H. The van der Waals surface area contributed by atoms with Crippen molar-refractivity contribution in [1.29, 1.82) is 0 Å². The molecule has 0 spiro atoms. The second-order valence-electron chi connectivity index (χ2n) is 4.12. The van der Waals surface area contributed by atoms with Crippen LogP contribution in [-0.2, 0) is 11.8 Å². The molecular formula is C14H8Br2F4.